The number of hydrogen-bond donors (Lipinski definition) is 0. The molecule has 1 aromatic carbocycles. The van der Waals surface area contributed by atoms with Gasteiger partial charge in [0.15, 0.2) is 0 Å². The summed E-state index contributed by atoms with van der Waals surface area (Å²) in [6.07, 6.45) is 3.81. The Balaban J connectivity index is 2.09. The maximum atomic E-state index is 6.01. The zero-order valence-electron chi connectivity index (χ0n) is 9.75. The van der Waals surface area contributed by atoms with E-state index in [-0.39, 0.29) is 0 Å². The first-order valence-electron chi connectivity index (χ1n) is 5.72. The van der Waals surface area contributed by atoms with Crippen molar-refractivity contribution in [2.24, 2.45) is 0 Å². The molecule has 1 aliphatic heterocycles. The third-order valence-electron chi connectivity index (χ3n) is 2.82. The molecule has 16 heavy (non-hydrogen) atoms. The van der Waals surface area contributed by atoms with Gasteiger partial charge in [0, 0.05) is 4.47 Å². The second kappa shape index (κ2) is 5.46. The first-order chi connectivity index (χ1) is 7.66. The fraction of sp³-hybridized carbons (Fsp3) is 0.538. The standard InChI is InChI=1S/C13H17BrOS/c1-9-7-11(8-10(2)13(9)14)15-12-5-3-4-6-16-12/h7-8,12H,3-6H2,1-2H3. The van der Waals surface area contributed by atoms with E-state index in [2.05, 4.69) is 41.9 Å². The molecule has 1 nitrogen and oxygen atoms in total. The summed E-state index contributed by atoms with van der Waals surface area (Å²) in [5, 5.41) is 0. The fourth-order valence-electron chi connectivity index (χ4n) is 1.93. The van der Waals surface area contributed by atoms with Gasteiger partial charge in [0.1, 0.15) is 11.2 Å². The van der Waals surface area contributed by atoms with Crippen LogP contribution in [-0.4, -0.2) is 11.2 Å². The summed E-state index contributed by atoms with van der Waals surface area (Å²) in [4.78, 5) is 0. The minimum Gasteiger partial charge on any atom is -0.480 e. The van der Waals surface area contributed by atoms with Crippen molar-refractivity contribution in [3.05, 3.63) is 27.7 Å². The maximum Gasteiger partial charge on any atom is 0.144 e. The summed E-state index contributed by atoms with van der Waals surface area (Å²) in [5.41, 5.74) is 2.85. The molecule has 0 bridgehead atoms. The Morgan fingerprint density at radius 3 is 2.50 bits per heavy atom. The van der Waals surface area contributed by atoms with E-state index in [9.17, 15) is 0 Å². The van der Waals surface area contributed by atoms with Gasteiger partial charge in [0.25, 0.3) is 0 Å². The highest BCUT2D eigenvalue weighted by atomic mass is 79.9. The van der Waals surface area contributed by atoms with Gasteiger partial charge in [-0.15, -0.1) is 11.8 Å². The lowest BCUT2D eigenvalue weighted by Gasteiger charge is -2.23. The lowest BCUT2D eigenvalue weighted by atomic mass is 10.1. The van der Waals surface area contributed by atoms with Crippen LogP contribution in [0, 0.1) is 13.8 Å². The Morgan fingerprint density at radius 1 is 1.25 bits per heavy atom. The van der Waals surface area contributed by atoms with E-state index >= 15 is 0 Å². The third-order valence-corrected chi connectivity index (χ3v) is 5.29. The largest absolute Gasteiger partial charge is 0.480 e. The summed E-state index contributed by atoms with van der Waals surface area (Å²) < 4.78 is 7.20. The molecule has 1 unspecified atom stereocenters. The Bertz CT molecular complexity index is 349. The summed E-state index contributed by atoms with van der Waals surface area (Å²) in [6, 6.07) is 4.23. The van der Waals surface area contributed by atoms with Gasteiger partial charge in [0.05, 0.1) is 0 Å². The fourth-order valence-corrected chi connectivity index (χ4v) is 3.31. The Morgan fingerprint density at radius 2 is 1.94 bits per heavy atom. The average Bonchev–Trinajstić information content (AvgIpc) is 2.27. The maximum absolute atomic E-state index is 6.01. The van der Waals surface area contributed by atoms with Crippen LogP contribution in [0.3, 0.4) is 0 Å². The van der Waals surface area contributed by atoms with Crippen molar-refractivity contribution < 1.29 is 4.74 Å². The zero-order chi connectivity index (χ0) is 11.5. The normalized spacial score (nSPS) is 20.8. The molecule has 0 aromatic heterocycles. The molecule has 2 rings (SSSR count). The molecular formula is C13H17BrOS. The van der Waals surface area contributed by atoms with Gasteiger partial charge in [-0.3, -0.25) is 0 Å². The van der Waals surface area contributed by atoms with E-state index in [1.165, 1.54) is 40.6 Å². The van der Waals surface area contributed by atoms with Crippen LogP contribution < -0.4 is 4.74 Å². The van der Waals surface area contributed by atoms with Gasteiger partial charge in [-0.1, -0.05) is 15.9 Å². The summed E-state index contributed by atoms with van der Waals surface area (Å²) >= 11 is 5.52. The van der Waals surface area contributed by atoms with Crippen molar-refractivity contribution in [3.63, 3.8) is 0 Å². The van der Waals surface area contributed by atoms with Crippen molar-refractivity contribution in [1.29, 1.82) is 0 Å². The molecule has 1 fully saturated rings. The molecule has 1 heterocycles. The molecule has 1 aliphatic rings. The molecule has 1 aromatic rings. The summed E-state index contributed by atoms with van der Waals surface area (Å²) in [7, 11) is 0. The topological polar surface area (TPSA) is 9.23 Å². The minimum absolute atomic E-state index is 0.355. The van der Waals surface area contributed by atoms with Gasteiger partial charge < -0.3 is 4.74 Å². The van der Waals surface area contributed by atoms with Crippen molar-refractivity contribution in [2.75, 3.05) is 5.75 Å². The predicted molar refractivity (Wildman–Crippen MR) is 74.3 cm³/mol. The Labute approximate surface area is 110 Å². The molecule has 3 heteroatoms. The van der Waals surface area contributed by atoms with Crippen LogP contribution in [0.4, 0.5) is 0 Å². The molecular weight excluding hydrogens is 284 g/mol. The van der Waals surface area contributed by atoms with Crippen LogP contribution in [0.5, 0.6) is 5.75 Å². The molecule has 0 spiro atoms. The lowest BCUT2D eigenvalue weighted by Crippen LogP contribution is -2.16. The number of hydrogen-bond acceptors (Lipinski definition) is 2. The van der Waals surface area contributed by atoms with Crippen molar-refractivity contribution in [3.8, 4) is 5.75 Å². The molecule has 0 N–H and O–H groups in total. The number of halogens is 1. The van der Waals surface area contributed by atoms with E-state index in [0.717, 1.165) is 5.75 Å². The third kappa shape index (κ3) is 2.95. The number of rotatable bonds is 2. The second-order valence-corrected chi connectivity index (χ2v) is 6.35. The number of aryl methyl sites for hydroxylation is 2. The minimum atomic E-state index is 0.355. The van der Waals surface area contributed by atoms with Crippen molar-refractivity contribution in [2.45, 2.75) is 38.5 Å². The lowest BCUT2D eigenvalue weighted by molar-refractivity contribution is 0.268. The van der Waals surface area contributed by atoms with E-state index in [1.807, 2.05) is 11.8 Å². The Hall–Kier alpha value is -0.150. The van der Waals surface area contributed by atoms with Crippen LogP contribution in [0.1, 0.15) is 30.4 Å². The predicted octanol–water partition coefficient (Wildman–Crippen LogP) is 4.69. The molecule has 0 amide bonds. The molecule has 1 atom stereocenters. The highest BCUT2D eigenvalue weighted by Gasteiger charge is 2.15. The number of ether oxygens (including phenoxy) is 1. The quantitative estimate of drug-likeness (QED) is 0.784. The van der Waals surface area contributed by atoms with E-state index in [4.69, 9.17) is 4.74 Å². The molecule has 0 saturated carbocycles. The van der Waals surface area contributed by atoms with Crippen LogP contribution >= 0.6 is 27.7 Å². The van der Waals surface area contributed by atoms with Gasteiger partial charge in [-0.25, -0.2) is 0 Å². The highest BCUT2D eigenvalue weighted by molar-refractivity contribution is 9.10. The van der Waals surface area contributed by atoms with Gasteiger partial charge in [-0.2, -0.15) is 0 Å². The first-order valence-corrected chi connectivity index (χ1v) is 7.56. The van der Waals surface area contributed by atoms with Crippen LogP contribution in [0.25, 0.3) is 0 Å². The molecule has 0 radical (unpaired) electrons. The monoisotopic (exact) mass is 300 g/mol. The van der Waals surface area contributed by atoms with Crippen LogP contribution in [0.2, 0.25) is 0 Å². The highest BCUT2D eigenvalue weighted by Crippen LogP contribution is 2.31. The van der Waals surface area contributed by atoms with Gasteiger partial charge in [0.2, 0.25) is 0 Å². The molecule has 1 saturated heterocycles. The van der Waals surface area contributed by atoms with E-state index < -0.39 is 0 Å². The average molecular weight is 301 g/mol. The molecule has 88 valence electrons. The zero-order valence-corrected chi connectivity index (χ0v) is 12.2. The molecule has 0 aliphatic carbocycles. The second-order valence-electron chi connectivity index (χ2n) is 4.29. The smallest absolute Gasteiger partial charge is 0.144 e. The summed E-state index contributed by atoms with van der Waals surface area (Å²) in [5.74, 6) is 2.25. The van der Waals surface area contributed by atoms with Gasteiger partial charge in [-0.05, 0) is 62.1 Å². The SMILES string of the molecule is Cc1cc(OC2CCCCS2)cc(C)c1Br. The van der Waals surface area contributed by atoms with Gasteiger partial charge >= 0.3 is 0 Å². The number of thioether (sulfide) groups is 1. The Kier molecular flexibility index (Phi) is 4.20. The van der Waals surface area contributed by atoms with Crippen molar-refractivity contribution >= 4 is 27.7 Å². The van der Waals surface area contributed by atoms with Crippen LogP contribution in [-0.2, 0) is 0 Å². The first kappa shape index (κ1) is 12.3. The summed E-state index contributed by atoms with van der Waals surface area (Å²) in [6.45, 7) is 4.22. The van der Waals surface area contributed by atoms with E-state index in [0.29, 0.717) is 5.44 Å². The van der Waals surface area contributed by atoms with Crippen LogP contribution in [0.15, 0.2) is 16.6 Å². The number of benzene rings is 1. The van der Waals surface area contributed by atoms with E-state index in [1.54, 1.807) is 0 Å². The van der Waals surface area contributed by atoms with Crippen molar-refractivity contribution in [1.82, 2.24) is 0 Å².